The summed E-state index contributed by atoms with van der Waals surface area (Å²) in [6.07, 6.45) is 2.36. The predicted molar refractivity (Wildman–Crippen MR) is 90.2 cm³/mol. The molecule has 0 atom stereocenters. The lowest BCUT2D eigenvalue weighted by Crippen LogP contribution is -2.14. The molecule has 0 unspecified atom stereocenters. The van der Waals surface area contributed by atoms with Crippen LogP contribution in [0.2, 0.25) is 0 Å². The Bertz CT molecular complexity index is 786. The molecule has 116 valence electrons. The summed E-state index contributed by atoms with van der Waals surface area (Å²) in [5.74, 6) is 0.482. The maximum absolute atomic E-state index is 12.2. The number of hydrogen-bond donors (Lipinski definition) is 2. The molecule has 6 nitrogen and oxygen atoms in total. The summed E-state index contributed by atoms with van der Waals surface area (Å²) in [4.78, 5) is 13.3. The summed E-state index contributed by atoms with van der Waals surface area (Å²) < 4.78 is 0. The Morgan fingerprint density at radius 2 is 1.96 bits per heavy atom. The van der Waals surface area contributed by atoms with Crippen LogP contribution in [0.4, 0.5) is 5.69 Å². The summed E-state index contributed by atoms with van der Waals surface area (Å²) in [6, 6.07) is 15.3. The zero-order chi connectivity index (χ0) is 16.1. The van der Waals surface area contributed by atoms with Gasteiger partial charge in [-0.3, -0.25) is 4.79 Å². The lowest BCUT2D eigenvalue weighted by molar-refractivity contribution is -0.115. The first-order valence-corrected chi connectivity index (χ1v) is 8.24. The quantitative estimate of drug-likeness (QED) is 0.705. The fourth-order valence-electron chi connectivity index (χ4n) is 2.21. The number of nitrogens with zero attached hydrogens (tertiary/aromatic N) is 3. The van der Waals surface area contributed by atoms with E-state index in [4.69, 9.17) is 0 Å². The van der Waals surface area contributed by atoms with Gasteiger partial charge in [0.05, 0.1) is 6.42 Å². The van der Waals surface area contributed by atoms with Gasteiger partial charge in [0.15, 0.2) is 0 Å². The molecule has 23 heavy (non-hydrogen) atoms. The van der Waals surface area contributed by atoms with Crippen LogP contribution < -0.4 is 5.32 Å². The summed E-state index contributed by atoms with van der Waals surface area (Å²) in [5.41, 5.74) is 2.61. The van der Waals surface area contributed by atoms with E-state index in [2.05, 4.69) is 25.9 Å². The second-order valence-electron chi connectivity index (χ2n) is 4.85. The molecule has 0 fully saturated rings. The van der Waals surface area contributed by atoms with E-state index < -0.39 is 0 Å². The number of carbonyl (C=O) groups is 1. The van der Waals surface area contributed by atoms with Gasteiger partial charge in [-0.05, 0) is 47.4 Å². The van der Waals surface area contributed by atoms with Crippen LogP contribution in [-0.4, -0.2) is 32.8 Å². The van der Waals surface area contributed by atoms with E-state index in [0.29, 0.717) is 12.2 Å². The average molecular weight is 325 g/mol. The summed E-state index contributed by atoms with van der Waals surface area (Å²) in [6.45, 7) is 0. The number of aromatic nitrogens is 4. The number of carbonyl (C=O) groups excluding carboxylic acids is 1. The third-order valence-electron chi connectivity index (χ3n) is 3.32. The minimum Gasteiger partial charge on any atom is -0.326 e. The fraction of sp³-hybridized carbons (Fsp3) is 0.125. The van der Waals surface area contributed by atoms with Crippen LogP contribution >= 0.6 is 11.8 Å². The second-order valence-corrected chi connectivity index (χ2v) is 5.70. The molecule has 1 amide bonds. The highest BCUT2D eigenvalue weighted by atomic mass is 32.2. The third kappa shape index (κ3) is 3.75. The van der Waals surface area contributed by atoms with Crippen molar-refractivity contribution in [1.82, 2.24) is 20.6 Å². The number of nitrogens with one attached hydrogen (secondary N) is 2. The highest BCUT2D eigenvalue weighted by Crippen LogP contribution is 2.21. The Morgan fingerprint density at radius 1 is 1.17 bits per heavy atom. The van der Waals surface area contributed by atoms with Crippen molar-refractivity contribution in [3.8, 4) is 11.4 Å². The highest BCUT2D eigenvalue weighted by Gasteiger charge is 2.08. The summed E-state index contributed by atoms with van der Waals surface area (Å²) >= 11 is 1.64. The molecule has 0 aliphatic heterocycles. The molecule has 0 bridgehead atoms. The smallest absolute Gasteiger partial charge is 0.228 e. The molecule has 0 aliphatic carbocycles. The first kappa shape index (κ1) is 15.2. The number of aromatic amines is 1. The van der Waals surface area contributed by atoms with Gasteiger partial charge in [0, 0.05) is 16.1 Å². The average Bonchev–Trinajstić information content (AvgIpc) is 3.10. The monoisotopic (exact) mass is 325 g/mol. The number of tetrazole rings is 1. The lowest BCUT2D eigenvalue weighted by Gasteiger charge is -2.08. The number of amides is 1. The van der Waals surface area contributed by atoms with E-state index in [9.17, 15) is 4.79 Å². The maximum atomic E-state index is 12.2. The number of rotatable bonds is 5. The van der Waals surface area contributed by atoms with Crippen LogP contribution in [0.3, 0.4) is 0 Å². The van der Waals surface area contributed by atoms with Crippen molar-refractivity contribution in [2.45, 2.75) is 11.3 Å². The maximum Gasteiger partial charge on any atom is 0.228 e. The number of thioether (sulfide) groups is 1. The normalized spacial score (nSPS) is 10.5. The van der Waals surface area contributed by atoms with E-state index >= 15 is 0 Å². The molecular weight excluding hydrogens is 310 g/mol. The van der Waals surface area contributed by atoms with Crippen molar-refractivity contribution in [3.63, 3.8) is 0 Å². The number of anilines is 1. The first-order valence-electron chi connectivity index (χ1n) is 7.02. The molecule has 0 radical (unpaired) electrons. The summed E-state index contributed by atoms with van der Waals surface area (Å²) in [5, 5.41) is 16.7. The van der Waals surface area contributed by atoms with Crippen LogP contribution in [0, 0.1) is 0 Å². The van der Waals surface area contributed by atoms with Crippen LogP contribution in [-0.2, 0) is 11.2 Å². The Morgan fingerprint density at radius 3 is 2.65 bits per heavy atom. The van der Waals surface area contributed by atoms with Gasteiger partial charge in [0.2, 0.25) is 11.7 Å². The van der Waals surface area contributed by atoms with Crippen LogP contribution in [0.25, 0.3) is 11.4 Å². The van der Waals surface area contributed by atoms with Crippen LogP contribution in [0.1, 0.15) is 5.56 Å². The highest BCUT2D eigenvalue weighted by molar-refractivity contribution is 7.98. The van der Waals surface area contributed by atoms with Gasteiger partial charge >= 0.3 is 0 Å². The molecule has 2 N–H and O–H groups in total. The van der Waals surface area contributed by atoms with Crippen molar-refractivity contribution in [2.75, 3.05) is 11.6 Å². The number of H-pyrrole nitrogens is 1. The fourth-order valence-corrected chi connectivity index (χ4v) is 2.83. The Balaban J connectivity index is 1.66. The van der Waals surface area contributed by atoms with Gasteiger partial charge in [-0.25, -0.2) is 0 Å². The van der Waals surface area contributed by atoms with E-state index in [0.717, 1.165) is 21.7 Å². The van der Waals surface area contributed by atoms with Crippen molar-refractivity contribution >= 4 is 23.4 Å². The molecule has 0 aliphatic rings. The molecule has 0 saturated heterocycles. The molecule has 3 aromatic rings. The molecule has 3 rings (SSSR count). The van der Waals surface area contributed by atoms with Crippen LogP contribution in [0.5, 0.6) is 0 Å². The van der Waals surface area contributed by atoms with Gasteiger partial charge in [-0.2, -0.15) is 5.21 Å². The Kier molecular flexibility index (Phi) is 4.68. The van der Waals surface area contributed by atoms with Crippen molar-refractivity contribution in [1.29, 1.82) is 0 Å². The number of benzene rings is 2. The zero-order valence-corrected chi connectivity index (χ0v) is 13.3. The van der Waals surface area contributed by atoms with E-state index in [-0.39, 0.29) is 5.91 Å². The van der Waals surface area contributed by atoms with Gasteiger partial charge in [-0.1, -0.05) is 18.2 Å². The minimum atomic E-state index is -0.0428. The summed E-state index contributed by atoms with van der Waals surface area (Å²) in [7, 11) is 0. The molecule has 1 aromatic heterocycles. The largest absolute Gasteiger partial charge is 0.326 e. The van der Waals surface area contributed by atoms with E-state index in [1.807, 2.05) is 54.8 Å². The Labute approximate surface area is 137 Å². The molecule has 1 heterocycles. The minimum absolute atomic E-state index is 0.0428. The molecule has 0 saturated carbocycles. The SMILES string of the molecule is CSc1ccccc1CC(=O)Nc1ccc(-c2nn[nH]n2)cc1. The van der Waals surface area contributed by atoms with E-state index in [1.54, 1.807) is 11.8 Å². The second kappa shape index (κ2) is 7.06. The van der Waals surface area contributed by atoms with Crippen molar-refractivity contribution < 1.29 is 4.79 Å². The predicted octanol–water partition coefficient (Wildman–Crippen LogP) is 2.77. The Hall–Kier alpha value is -2.67. The lowest BCUT2D eigenvalue weighted by atomic mass is 10.1. The molecule has 7 heteroatoms. The van der Waals surface area contributed by atoms with Crippen molar-refractivity contribution in [2.24, 2.45) is 0 Å². The topological polar surface area (TPSA) is 83.6 Å². The van der Waals surface area contributed by atoms with Gasteiger partial charge in [0.25, 0.3) is 0 Å². The molecule has 2 aromatic carbocycles. The van der Waals surface area contributed by atoms with Crippen molar-refractivity contribution in [3.05, 3.63) is 54.1 Å². The van der Waals surface area contributed by atoms with Gasteiger partial charge < -0.3 is 5.32 Å². The standard InChI is InChI=1S/C16H15N5OS/c1-23-14-5-3-2-4-12(14)10-15(22)17-13-8-6-11(7-9-13)16-18-20-21-19-16/h2-9H,10H2,1H3,(H,17,22)(H,18,19,20,21). The van der Waals surface area contributed by atoms with E-state index in [1.165, 1.54) is 0 Å². The van der Waals surface area contributed by atoms with Crippen LogP contribution in [0.15, 0.2) is 53.4 Å². The third-order valence-corrected chi connectivity index (χ3v) is 4.15. The first-order chi connectivity index (χ1) is 11.3. The molecular formula is C16H15N5OS. The number of hydrogen-bond acceptors (Lipinski definition) is 5. The van der Waals surface area contributed by atoms with Gasteiger partial charge in [0.1, 0.15) is 0 Å². The molecule has 0 spiro atoms. The zero-order valence-electron chi connectivity index (χ0n) is 12.5. The van der Waals surface area contributed by atoms with Gasteiger partial charge in [-0.15, -0.1) is 22.0 Å².